The number of hydrogen-bond acceptors (Lipinski definition) is 8. The third-order valence-electron chi connectivity index (χ3n) is 8.08. The van der Waals surface area contributed by atoms with Crippen molar-refractivity contribution in [2.24, 2.45) is 22.2 Å². The number of nitrogens with zero attached hydrogens (tertiary/aromatic N) is 3. The highest BCUT2D eigenvalue weighted by Gasteiger charge is 2.57. The molecule has 2 unspecified atom stereocenters. The lowest BCUT2D eigenvalue weighted by Crippen LogP contribution is -2.50. The first-order valence-electron chi connectivity index (χ1n) is 14.6. The average Bonchev–Trinajstić information content (AvgIpc) is 3.64. The fourth-order valence-electron chi connectivity index (χ4n) is 5.72. The van der Waals surface area contributed by atoms with Crippen LogP contribution in [-0.4, -0.2) is 71.2 Å². The monoisotopic (exact) mass is 625 g/mol. The highest BCUT2D eigenvalue weighted by molar-refractivity contribution is 7.85. The minimum absolute atomic E-state index is 0.0464. The quantitative estimate of drug-likeness (QED) is 0.116. The lowest BCUT2D eigenvalue weighted by atomic mass is 9.78. The van der Waals surface area contributed by atoms with Crippen LogP contribution in [0.1, 0.15) is 44.7 Å². The van der Waals surface area contributed by atoms with E-state index in [1.54, 1.807) is 19.2 Å². The summed E-state index contributed by atoms with van der Waals surface area (Å²) >= 11 is 0. The number of carbonyl (C=O) groups excluding carboxylic acids is 2. The lowest BCUT2D eigenvalue weighted by molar-refractivity contribution is -0.151. The van der Waals surface area contributed by atoms with E-state index in [2.05, 4.69) is 16.5 Å². The van der Waals surface area contributed by atoms with Crippen LogP contribution in [0.3, 0.4) is 0 Å². The lowest BCUT2D eigenvalue weighted by Gasteiger charge is -2.38. The van der Waals surface area contributed by atoms with Gasteiger partial charge in [0.15, 0.2) is 5.92 Å². The molecule has 1 aliphatic carbocycles. The maximum Gasteiger partial charge on any atom is 0.320 e. The molecular weight excluding hydrogens is 582 g/mol. The number of ether oxygens (including phenoxy) is 4. The largest absolute Gasteiger partial charge is 0.497 e. The Labute approximate surface area is 262 Å². The fraction of sp³-hybridized carbons (Fsp3) is 0.485. The second-order valence-electron chi connectivity index (χ2n) is 11.9. The zero-order valence-corrected chi connectivity index (χ0v) is 27.3. The molecule has 4 atom stereocenters. The SMILES string of the molecule is COC(=O)[C@H]1C(=O)N(Cc2ccc(OC)cc2)N(Cc2ccc(OC)cc2)[C@@H]1C(/C(=N/S(=O)C(C)(C)C)OC)C1CC=CC1. The Balaban J connectivity index is 1.88. The van der Waals surface area contributed by atoms with Gasteiger partial charge in [0.25, 0.3) is 5.91 Å². The van der Waals surface area contributed by atoms with Crippen molar-refractivity contribution in [3.8, 4) is 11.5 Å². The molecule has 0 radical (unpaired) electrons. The smallest absolute Gasteiger partial charge is 0.320 e. The van der Waals surface area contributed by atoms with Gasteiger partial charge < -0.3 is 18.9 Å². The summed E-state index contributed by atoms with van der Waals surface area (Å²) in [5, 5.41) is 3.56. The molecule has 1 aliphatic heterocycles. The molecule has 1 saturated heterocycles. The van der Waals surface area contributed by atoms with Crippen molar-refractivity contribution >= 4 is 28.8 Å². The predicted octanol–water partition coefficient (Wildman–Crippen LogP) is 4.71. The van der Waals surface area contributed by atoms with E-state index in [9.17, 15) is 13.8 Å². The molecular formula is C33H43N3O7S. The van der Waals surface area contributed by atoms with Crippen LogP contribution in [-0.2, 0) is 43.1 Å². The zero-order valence-electron chi connectivity index (χ0n) is 26.5. The molecule has 2 aromatic rings. The van der Waals surface area contributed by atoms with E-state index in [0.29, 0.717) is 30.9 Å². The van der Waals surface area contributed by atoms with Crippen molar-refractivity contribution in [1.29, 1.82) is 0 Å². The Hall–Kier alpha value is -3.70. The summed E-state index contributed by atoms with van der Waals surface area (Å²) < 4.78 is 39.1. The molecule has 0 aromatic heterocycles. The van der Waals surface area contributed by atoms with Gasteiger partial charge in [0, 0.05) is 6.54 Å². The van der Waals surface area contributed by atoms with Gasteiger partial charge >= 0.3 is 5.97 Å². The summed E-state index contributed by atoms with van der Waals surface area (Å²) in [4.78, 5) is 27.9. The number of carbonyl (C=O) groups is 2. The van der Waals surface area contributed by atoms with Gasteiger partial charge in [-0.15, -0.1) is 0 Å². The number of allylic oxidation sites excluding steroid dienone is 2. The third kappa shape index (κ3) is 7.32. The summed E-state index contributed by atoms with van der Waals surface area (Å²) in [6.45, 7) is 6.05. The van der Waals surface area contributed by atoms with Gasteiger partial charge in [0.05, 0.1) is 51.7 Å². The molecule has 0 N–H and O–H groups in total. The van der Waals surface area contributed by atoms with Crippen LogP contribution in [0.4, 0.5) is 0 Å². The number of hydrogen-bond donors (Lipinski definition) is 0. The number of esters is 1. The van der Waals surface area contributed by atoms with Crippen LogP contribution in [0.5, 0.6) is 11.5 Å². The number of methoxy groups -OCH3 is 4. The Bertz CT molecular complexity index is 1380. The van der Waals surface area contributed by atoms with Crippen molar-refractivity contribution < 1.29 is 32.7 Å². The summed E-state index contributed by atoms with van der Waals surface area (Å²) in [6, 6.07) is 14.3. The van der Waals surface area contributed by atoms with Crippen LogP contribution in [0, 0.1) is 17.8 Å². The Morgan fingerprint density at radius 3 is 1.86 bits per heavy atom. The van der Waals surface area contributed by atoms with Crippen molar-refractivity contribution in [3.63, 3.8) is 0 Å². The van der Waals surface area contributed by atoms with E-state index in [0.717, 1.165) is 11.1 Å². The summed E-state index contributed by atoms with van der Waals surface area (Å²) in [6.07, 6.45) is 5.56. The molecule has 1 heterocycles. The summed E-state index contributed by atoms with van der Waals surface area (Å²) in [7, 11) is 4.36. The topological polar surface area (TPSA) is 107 Å². The van der Waals surface area contributed by atoms with Gasteiger partial charge in [-0.05, 0) is 74.9 Å². The maximum absolute atomic E-state index is 14.3. The van der Waals surface area contributed by atoms with Gasteiger partial charge in [-0.2, -0.15) is 4.40 Å². The van der Waals surface area contributed by atoms with Crippen molar-refractivity contribution in [2.45, 2.75) is 57.5 Å². The molecule has 0 spiro atoms. The van der Waals surface area contributed by atoms with Crippen LogP contribution >= 0.6 is 0 Å². The number of hydrazine groups is 1. The zero-order chi connectivity index (χ0) is 32.0. The molecule has 1 amide bonds. The van der Waals surface area contributed by atoms with Crippen LogP contribution < -0.4 is 9.47 Å². The van der Waals surface area contributed by atoms with Gasteiger partial charge in [-0.1, -0.05) is 36.4 Å². The number of benzene rings is 2. The van der Waals surface area contributed by atoms with Crippen molar-refractivity contribution in [2.75, 3.05) is 28.4 Å². The first-order valence-corrected chi connectivity index (χ1v) is 15.7. The molecule has 2 aromatic carbocycles. The van der Waals surface area contributed by atoms with Crippen LogP contribution in [0.2, 0.25) is 0 Å². The molecule has 2 aliphatic rings. The Morgan fingerprint density at radius 2 is 1.41 bits per heavy atom. The van der Waals surface area contributed by atoms with E-state index in [4.69, 9.17) is 18.9 Å². The van der Waals surface area contributed by atoms with Gasteiger partial charge in [0.1, 0.15) is 22.5 Å². The second kappa shape index (κ2) is 14.4. The maximum atomic E-state index is 14.3. The van der Waals surface area contributed by atoms with E-state index < -0.39 is 39.6 Å². The number of amides is 1. The second-order valence-corrected chi connectivity index (χ2v) is 13.8. The summed E-state index contributed by atoms with van der Waals surface area (Å²) in [5.41, 5.74) is 1.77. The van der Waals surface area contributed by atoms with E-state index in [-0.39, 0.29) is 24.3 Å². The average molecular weight is 626 g/mol. The first kappa shape index (κ1) is 33.2. The highest BCUT2D eigenvalue weighted by Crippen LogP contribution is 2.42. The molecule has 10 nitrogen and oxygen atoms in total. The molecule has 44 heavy (non-hydrogen) atoms. The molecule has 0 saturated carbocycles. The van der Waals surface area contributed by atoms with Crippen molar-refractivity contribution in [1.82, 2.24) is 10.0 Å². The number of rotatable bonds is 11. The minimum atomic E-state index is -1.63. The molecule has 0 bridgehead atoms. The van der Waals surface area contributed by atoms with E-state index in [1.165, 1.54) is 14.2 Å². The molecule has 11 heteroatoms. The molecule has 238 valence electrons. The predicted molar refractivity (Wildman–Crippen MR) is 169 cm³/mol. The van der Waals surface area contributed by atoms with Gasteiger partial charge in [-0.25, -0.2) is 9.22 Å². The van der Waals surface area contributed by atoms with Gasteiger partial charge in [-0.3, -0.25) is 14.6 Å². The fourth-order valence-corrected chi connectivity index (χ4v) is 6.35. The minimum Gasteiger partial charge on any atom is -0.497 e. The van der Waals surface area contributed by atoms with Crippen LogP contribution in [0.15, 0.2) is 65.1 Å². The van der Waals surface area contributed by atoms with Crippen LogP contribution in [0.25, 0.3) is 0 Å². The van der Waals surface area contributed by atoms with Crippen molar-refractivity contribution in [3.05, 3.63) is 71.8 Å². The third-order valence-corrected chi connectivity index (χ3v) is 9.47. The summed E-state index contributed by atoms with van der Waals surface area (Å²) in [5.74, 6) is -1.12. The van der Waals surface area contributed by atoms with E-state index in [1.807, 2.05) is 74.3 Å². The molecule has 4 rings (SSSR count). The normalized spacial score (nSPS) is 20.9. The molecule has 1 fully saturated rings. The Morgan fingerprint density at radius 1 is 0.886 bits per heavy atom. The standard InChI is InChI=1S/C33H43N3O7S/c1-33(2,3)44(39)34-30(42-6)27(24-10-8-9-11-24)29-28(32(38)43-7)31(37)36(21-23-14-18-26(41-5)19-15-23)35(29)20-22-12-16-25(40-4)17-13-22/h8-9,12-19,24,27-29H,10-11,20-21H2,1-7H3/b34-30-/t27?,28-,29-,44?/m1/s1. The Kier molecular flexibility index (Phi) is 10.9. The van der Waals surface area contributed by atoms with E-state index >= 15 is 0 Å². The van der Waals surface area contributed by atoms with Gasteiger partial charge in [0.2, 0.25) is 5.90 Å². The highest BCUT2D eigenvalue weighted by atomic mass is 32.2. The first-order chi connectivity index (χ1) is 21.0.